The van der Waals surface area contributed by atoms with Gasteiger partial charge in [-0.05, 0) is 41.1 Å². The molecule has 1 saturated heterocycles. The van der Waals surface area contributed by atoms with Gasteiger partial charge in [0.05, 0.1) is 15.9 Å². The zero-order valence-corrected chi connectivity index (χ0v) is 11.2. The third-order valence-electron chi connectivity index (χ3n) is 2.70. The minimum atomic E-state index is -1.00. The van der Waals surface area contributed by atoms with Gasteiger partial charge in [0.15, 0.2) is 0 Å². The van der Waals surface area contributed by atoms with E-state index in [4.69, 9.17) is 10.5 Å². The van der Waals surface area contributed by atoms with Crippen LogP contribution in [0.3, 0.4) is 0 Å². The number of anilines is 1. The second-order valence-electron chi connectivity index (χ2n) is 4.01. The van der Waals surface area contributed by atoms with E-state index in [0.29, 0.717) is 22.3 Å². The molecule has 1 heterocycles. The number of rotatable bonds is 2. The molecule has 0 aromatic heterocycles. The van der Waals surface area contributed by atoms with E-state index < -0.39 is 5.54 Å². The van der Waals surface area contributed by atoms with E-state index in [1.54, 1.807) is 12.1 Å². The molecular weight excluding hydrogens is 338 g/mol. The Morgan fingerprint density at radius 1 is 1.59 bits per heavy atom. The molecule has 92 valence electrons. The maximum atomic E-state index is 13.3. The highest BCUT2D eigenvalue weighted by atomic mass is 127. The lowest BCUT2D eigenvalue weighted by molar-refractivity contribution is -0.121. The lowest BCUT2D eigenvalue weighted by atomic mass is 9.99. The van der Waals surface area contributed by atoms with Crippen molar-refractivity contribution >= 4 is 34.2 Å². The van der Waals surface area contributed by atoms with Crippen molar-refractivity contribution < 1.29 is 13.9 Å². The van der Waals surface area contributed by atoms with Gasteiger partial charge in [0.25, 0.3) is 0 Å². The predicted octanol–water partition coefficient (Wildman–Crippen LogP) is 1.49. The molecule has 2 rings (SSSR count). The first kappa shape index (κ1) is 12.7. The topological polar surface area (TPSA) is 64.4 Å². The Bertz CT molecular complexity index is 447. The molecule has 1 aliphatic rings. The summed E-state index contributed by atoms with van der Waals surface area (Å²) in [5.74, 6) is -0.698. The van der Waals surface area contributed by atoms with Crippen molar-refractivity contribution in [3.8, 4) is 0 Å². The van der Waals surface area contributed by atoms with Gasteiger partial charge in [0, 0.05) is 6.61 Å². The Hall–Kier alpha value is -0.730. The molecule has 1 unspecified atom stereocenters. The Labute approximate surface area is 112 Å². The van der Waals surface area contributed by atoms with E-state index in [9.17, 15) is 9.18 Å². The molecule has 4 nitrogen and oxygen atoms in total. The van der Waals surface area contributed by atoms with Crippen LogP contribution in [0.2, 0.25) is 0 Å². The van der Waals surface area contributed by atoms with Gasteiger partial charge in [0.1, 0.15) is 11.4 Å². The first-order valence-electron chi connectivity index (χ1n) is 5.15. The smallest absolute Gasteiger partial charge is 0.246 e. The molecule has 0 saturated carbocycles. The quantitative estimate of drug-likeness (QED) is 0.795. The molecule has 17 heavy (non-hydrogen) atoms. The fraction of sp³-hybridized carbons (Fsp3) is 0.364. The monoisotopic (exact) mass is 350 g/mol. The van der Waals surface area contributed by atoms with E-state index in [2.05, 4.69) is 5.32 Å². The molecule has 1 fully saturated rings. The molecule has 0 aliphatic carbocycles. The minimum absolute atomic E-state index is 0.199. The van der Waals surface area contributed by atoms with Gasteiger partial charge in [-0.15, -0.1) is 0 Å². The minimum Gasteiger partial charge on any atom is -0.379 e. The molecular formula is C11H12FIN2O2. The molecule has 1 aromatic rings. The van der Waals surface area contributed by atoms with Crippen LogP contribution in [0.15, 0.2) is 18.2 Å². The van der Waals surface area contributed by atoms with Crippen molar-refractivity contribution in [3.05, 3.63) is 27.6 Å². The van der Waals surface area contributed by atoms with E-state index in [0.717, 1.165) is 0 Å². The van der Waals surface area contributed by atoms with Crippen LogP contribution in [0.25, 0.3) is 0 Å². The molecule has 1 amide bonds. The van der Waals surface area contributed by atoms with E-state index >= 15 is 0 Å². The Morgan fingerprint density at radius 3 is 3.00 bits per heavy atom. The van der Waals surface area contributed by atoms with Gasteiger partial charge >= 0.3 is 0 Å². The van der Waals surface area contributed by atoms with E-state index in [-0.39, 0.29) is 18.3 Å². The van der Waals surface area contributed by atoms with Crippen LogP contribution in [0.5, 0.6) is 0 Å². The van der Waals surface area contributed by atoms with Crippen LogP contribution in [-0.4, -0.2) is 24.7 Å². The van der Waals surface area contributed by atoms with Crippen molar-refractivity contribution in [2.24, 2.45) is 5.73 Å². The number of benzene rings is 1. The summed E-state index contributed by atoms with van der Waals surface area (Å²) in [6.07, 6.45) is 0.477. The molecule has 1 aromatic carbocycles. The number of amides is 1. The number of carbonyl (C=O) groups excluding carboxylic acids is 1. The van der Waals surface area contributed by atoms with E-state index in [1.807, 2.05) is 22.6 Å². The van der Waals surface area contributed by atoms with Crippen LogP contribution < -0.4 is 11.1 Å². The van der Waals surface area contributed by atoms with Gasteiger partial charge in [-0.2, -0.15) is 0 Å². The zero-order valence-electron chi connectivity index (χ0n) is 9.00. The molecule has 1 aliphatic heterocycles. The predicted molar refractivity (Wildman–Crippen MR) is 70.1 cm³/mol. The maximum absolute atomic E-state index is 13.3. The summed E-state index contributed by atoms with van der Waals surface area (Å²) in [5.41, 5.74) is 5.34. The van der Waals surface area contributed by atoms with Gasteiger partial charge in [0.2, 0.25) is 5.91 Å². The number of nitrogens with one attached hydrogen (secondary N) is 1. The van der Waals surface area contributed by atoms with Crippen LogP contribution in [0, 0.1) is 9.39 Å². The third-order valence-corrected chi connectivity index (χ3v) is 3.80. The number of nitrogens with two attached hydrogens (primary N) is 1. The number of hydrogen-bond acceptors (Lipinski definition) is 3. The first-order chi connectivity index (χ1) is 8.03. The van der Waals surface area contributed by atoms with Crippen molar-refractivity contribution in [2.45, 2.75) is 12.0 Å². The summed E-state index contributed by atoms with van der Waals surface area (Å²) < 4.78 is 18.8. The highest BCUT2D eigenvalue weighted by molar-refractivity contribution is 14.1. The summed E-state index contributed by atoms with van der Waals surface area (Å²) >= 11 is 1.84. The lowest BCUT2D eigenvalue weighted by Gasteiger charge is -2.21. The number of hydrogen-bond donors (Lipinski definition) is 2. The lowest BCUT2D eigenvalue weighted by Crippen LogP contribution is -2.51. The van der Waals surface area contributed by atoms with Crippen molar-refractivity contribution in [2.75, 3.05) is 18.5 Å². The van der Waals surface area contributed by atoms with Gasteiger partial charge in [-0.3, -0.25) is 4.79 Å². The highest BCUT2D eigenvalue weighted by Crippen LogP contribution is 2.23. The second kappa shape index (κ2) is 4.87. The summed E-state index contributed by atoms with van der Waals surface area (Å²) in [6, 6.07) is 4.53. The average Bonchev–Trinajstić information content (AvgIpc) is 2.73. The molecule has 0 bridgehead atoms. The number of halogens is 2. The SMILES string of the molecule is NC1(C(=O)Nc2cccc(F)c2I)CCOC1. The molecule has 3 N–H and O–H groups in total. The maximum Gasteiger partial charge on any atom is 0.246 e. The largest absolute Gasteiger partial charge is 0.379 e. The Balaban J connectivity index is 2.16. The molecule has 1 atom stereocenters. The summed E-state index contributed by atoms with van der Waals surface area (Å²) in [6.45, 7) is 0.675. The summed E-state index contributed by atoms with van der Waals surface area (Å²) in [4.78, 5) is 12.0. The van der Waals surface area contributed by atoms with Crippen molar-refractivity contribution in [1.82, 2.24) is 0 Å². The van der Waals surface area contributed by atoms with Gasteiger partial charge in [-0.1, -0.05) is 6.07 Å². The zero-order chi connectivity index (χ0) is 12.5. The molecule has 6 heteroatoms. The Morgan fingerprint density at radius 2 is 2.35 bits per heavy atom. The van der Waals surface area contributed by atoms with Crippen LogP contribution in [-0.2, 0) is 9.53 Å². The average molecular weight is 350 g/mol. The Kier molecular flexibility index (Phi) is 3.64. The van der Waals surface area contributed by atoms with Crippen LogP contribution >= 0.6 is 22.6 Å². The fourth-order valence-electron chi connectivity index (χ4n) is 1.61. The third kappa shape index (κ3) is 2.58. The molecule has 0 radical (unpaired) electrons. The first-order valence-corrected chi connectivity index (χ1v) is 6.23. The summed E-state index contributed by atoms with van der Waals surface area (Å²) in [7, 11) is 0. The van der Waals surface area contributed by atoms with Crippen LogP contribution in [0.1, 0.15) is 6.42 Å². The van der Waals surface area contributed by atoms with Crippen molar-refractivity contribution in [3.63, 3.8) is 0 Å². The number of ether oxygens (including phenoxy) is 1. The van der Waals surface area contributed by atoms with Crippen LogP contribution in [0.4, 0.5) is 10.1 Å². The van der Waals surface area contributed by atoms with Gasteiger partial charge in [-0.25, -0.2) is 4.39 Å². The van der Waals surface area contributed by atoms with Crippen molar-refractivity contribution in [1.29, 1.82) is 0 Å². The van der Waals surface area contributed by atoms with E-state index in [1.165, 1.54) is 6.07 Å². The fourth-order valence-corrected chi connectivity index (χ4v) is 2.10. The normalized spacial score (nSPS) is 23.7. The second-order valence-corrected chi connectivity index (χ2v) is 5.09. The summed E-state index contributed by atoms with van der Waals surface area (Å²) in [5, 5.41) is 2.64. The number of carbonyl (C=O) groups is 1. The molecule has 0 spiro atoms. The standard InChI is InChI=1S/C11H12FIN2O2/c12-7-2-1-3-8(9(7)13)15-10(16)11(14)4-5-17-6-11/h1-3H,4-6,14H2,(H,15,16). The highest BCUT2D eigenvalue weighted by Gasteiger charge is 2.38. The van der Waals surface area contributed by atoms with Gasteiger partial charge < -0.3 is 15.8 Å².